The lowest BCUT2D eigenvalue weighted by atomic mass is 10.4. The minimum atomic E-state index is 0.646. The largest absolute Gasteiger partial charge is 0.397 e. The fourth-order valence-corrected chi connectivity index (χ4v) is 1.57. The van der Waals surface area contributed by atoms with Crippen molar-refractivity contribution in [2.75, 3.05) is 5.73 Å². The summed E-state index contributed by atoms with van der Waals surface area (Å²) in [4.78, 5) is 8.03. The van der Waals surface area contributed by atoms with E-state index in [1.807, 2.05) is 12.1 Å². The normalized spacial score (nSPS) is 10.3. The maximum absolute atomic E-state index is 5.51. The molecular weight excluding hydrogens is 200 g/mol. The van der Waals surface area contributed by atoms with Gasteiger partial charge in [-0.2, -0.15) is 4.98 Å². The Labute approximate surface area is 84.7 Å². The highest BCUT2D eigenvalue weighted by Gasteiger charge is 2.00. The standard InChI is InChI=1S/C8H8N4OS/c9-6-1-2-8(10-3-6)14-4-7-11-5-13-12-7/h1-3,5H,4,9H2. The lowest BCUT2D eigenvalue weighted by Gasteiger charge is -1.97. The third kappa shape index (κ3) is 2.23. The molecule has 2 aromatic rings. The van der Waals surface area contributed by atoms with Gasteiger partial charge in [0.2, 0.25) is 6.39 Å². The zero-order valence-corrected chi connectivity index (χ0v) is 8.07. The van der Waals surface area contributed by atoms with Crippen LogP contribution in [0.5, 0.6) is 0 Å². The van der Waals surface area contributed by atoms with Gasteiger partial charge in [-0.15, -0.1) is 0 Å². The summed E-state index contributed by atoms with van der Waals surface area (Å²) in [6, 6.07) is 3.67. The van der Waals surface area contributed by atoms with Gasteiger partial charge in [-0.05, 0) is 12.1 Å². The van der Waals surface area contributed by atoms with Crippen LogP contribution in [-0.4, -0.2) is 15.1 Å². The van der Waals surface area contributed by atoms with E-state index in [9.17, 15) is 0 Å². The van der Waals surface area contributed by atoms with Gasteiger partial charge >= 0.3 is 0 Å². The van der Waals surface area contributed by atoms with Crippen molar-refractivity contribution in [2.45, 2.75) is 10.8 Å². The first-order chi connectivity index (χ1) is 6.84. The van der Waals surface area contributed by atoms with Crippen LogP contribution in [0.25, 0.3) is 0 Å². The second kappa shape index (κ2) is 4.10. The highest BCUT2D eigenvalue weighted by atomic mass is 32.2. The van der Waals surface area contributed by atoms with E-state index in [1.165, 1.54) is 18.2 Å². The Balaban J connectivity index is 1.95. The van der Waals surface area contributed by atoms with Crippen LogP contribution in [-0.2, 0) is 5.75 Å². The lowest BCUT2D eigenvalue weighted by Crippen LogP contribution is -1.88. The Morgan fingerprint density at radius 2 is 2.29 bits per heavy atom. The second-order valence-corrected chi connectivity index (χ2v) is 3.56. The Morgan fingerprint density at radius 1 is 1.36 bits per heavy atom. The van der Waals surface area contributed by atoms with Gasteiger partial charge in [-0.1, -0.05) is 16.9 Å². The summed E-state index contributed by atoms with van der Waals surface area (Å²) in [6.07, 6.45) is 2.94. The molecule has 0 spiro atoms. The number of hydrogen-bond acceptors (Lipinski definition) is 6. The van der Waals surface area contributed by atoms with Crippen LogP contribution in [0.2, 0.25) is 0 Å². The summed E-state index contributed by atoms with van der Waals surface area (Å²) in [5.41, 5.74) is 6.17. The number of thioether (sulfide) groups is 1. The molecule has 0 bridgehead atoms. The van der Waals surface area contributed by atoms with E-state index in [0.29, 0.717) is 17.3 Å². The van der Waals surface area contributed by atoms with Crippen LogP contribution in [0.3, 0.4) is 0 Å². The molecule has 0 aromatic carbocycles. The average Bonchev–Trinajstić information content (AvgIpc) is 2.70. The van der Waals surface area contributed by atoms with Crippen LogP contribution >= 0.6 is 11.8 Å². The van der Waals surface area contributed by atoms with Crippen LogP contribution in [0.15, 0.2) is 34.3 Å². The number of nitrogens with two attached hydrogens (primary N) is 1. The second-order valence-electron chi connectivity index (χ2n) is 2.57. The van der Waals surface area contributed by atoms with Gasteiger partial charge in [0.1, 0.15) is 0 Å². The number of hydrogen-bond donors (Lipinski definition) is 1. The predicted octanol–water partition coefficient (Wildman–Crippen LogP) is 1.34. The van der Waals surface area contributed by atoms with Crippen molar-refractivity contribution in [3.05, 3.63) is 30.5 Å². The van der Waals surface area contributed by atoms with Gasteiger partial charge in [0.15, 0.2) is 5.82 Å². The molecule has 5 nitrogen and oxygen atoms in total. The molecule has 0 radical (unpaired) electrons. The molecule has 0 atom stereocenters. The van der Waals surface area contributed by atoms with Gasteiger partial charge in [0.05, 0.1) is 22.7 Å². The summed E-state index contributed by atoms with van der Waals surface area (Å²) < 4.78 is 4.61. The number of nitrogens with zero attached hydrogens (tertiary/aromatic N) is 3. The van der Waals surface area contributed by atoms with Crippen molar-refractivity contribution in [2.24, 2.45) is 0 Å². The molecule has 2 aromatic heterocycles. The zero-order valence-electron chi connectivity index (χ0n) is 7.25. The van der Waals surface area contributed by atoms with Gasteiger partial charge in [-0.25, -0.2) is 4.98 Å². The van der Waals surface area contributed by atoms with Crippen LogP contribution in [0.1, 0.15) is 5.82 Å². The van der Waals surface area contributed by atoms with Crippen molar-refractivity contribution < 1.29 is 4.52 Å². The number of rotatable bonds is 3. The average molecular weight is 208 g/mol. The number of nitrogen functional groups attached to an aromatic ring is 1. The molecule has 0 amide bonds. The molecule has 0 saturated carbocycles. The maximum atomic E-state index is 5.51. The predicted molar refractivity (Wildman–Crippen MR) is 52.5 cm³/mol. The SMILES string of the molecule is Nc1ccc(SCc2ncon2)nc1. The Hall–Kier alpha value is -1.56. The van der Waals surface area contributed by atoms with Crippen LogP contribution in [0.4, 0.5) is 5.69 Å². The first kappa shape index (κ1) is 9.01. The van der Waals surface area contributed by atoms with E-state index in [0.717, 1.165) is 5.03 Å². The van der Waals surface area contributed by atoms with Crippen molar-refractivity contribution in [1.82, 2.24) is 15.1 Å². The molecule has 0 aliphatic carbocycles. The maximum Gasteiger partial charge on any atom is 0.213 e. The molecule has 0 fully saturated rings. The van der Waals surface area contributed by atoms with Crippen LogP contribution in [0, 0.1) is 0 Å². The number of aromatic nitrogens is 3. The van der Waals surface area contributed by atoms with Gasteiger partial charge in [0.25, 0.3) is 0 Å². The molecule has 72 valence electrons. The number of pyridine rings is 1. The monoisotopic (exact) mass is 208 g/mol. The van der Waals surface area contributed by atoms with Crippen molar-refractivity contribution >= 4 is 17.4 Å². The molecule has 2 rings (SSSR count). The van der Waals surface area contributed by atoms with Crippen molar-refractivity contribution in [3.63, 3.8) is 0 Å². The van der Waals surface area contributed by atoms with E-state index < -0.39 is 0 Å². The third-order valence-electron chi connectivity index (χ3n) is 1.52. The molecule has 0 saturated heterocycles. The summed E-state index contributed by atoms with van der Waals surface area (Å²) in [5, 5.41) is 4.58. The quantitative estimate of drug-likeness (QED) is 0.767. The summed E-state index contributed by atoms with van der Waals surface area (Å²) in [6.45, 7) is 0. The molecule has 2 N–H and O–H groups in total. The molecular formula is C8H8N4OS. The van der Waals surface area contributed by atoms with Gasteiger partial charge < -0.3 is 10.3 Å². The zero-order chi connectivity index (χ0) is 9.80. The van der Waals surface area contributed by atoms with Crippen molar-refractivity contribution in [3.8, 4) is 0 Å². The van der Waals surface area contributed by atoms with E-state index in [-0.39, 0.29) is 0 Å². The van der Waals surface area contributed by atoms with Gasteiger partial charge in [-0.3, -0.25) is 0 Å². The highest BCUT2D eigenvalue weighted by Crippen LogP contribution is 2.19. The fourth-order valence-electron chi connectivity index (χ4n) is 0.872. The molecule has 0 aliphatic heterocycles. The molecule has 14 heavy (non-hydrogen) atoms. The van der Waals surface area contributed by atoms with E-state index in [4.69, 9.17) is 5.73 Å². The Bertz CT molecular complexity index is 386. The minimum Gasteiger partial charge on any atom is -0.397 e. The third-order valence-corrected chi connectivity index (χ3v) is 2.46. The van der Waals surface area contributed by atoms with E-state index in [2.05, 4.69) is 19.6 Å². The first-order valence-corrected chi connectivity index (χ1v) is 4.93. The molecule has 6 heteroatoms. The summed E-state index contributed by atoms with van der Waals surface area (Å²) >= 11 is 1.54. The van der Waals surface area contributed by atoms with E-state index in [1.54, 1.807) is 6.20 Å². The molecule has 2 heterocycles. The topological polar surface area (TPSA) is 77.8 Å². The smallest absolute Gasteiger partial charge is 0.213 e. The van der Waals surface area contributed by atoms with Crippen molar-refractivity contribution in [1.29, 1.82) is 0 Å². The van der Waals surface area contributed by atoms with Crippen LogP contribution < -0.4 is 5.73 Å². The lowest BCUT2D eigenvalue weighted by molar-refractivity contribution is 0.412. The Kier molecular flexibility index (Phi) is 2.64. The fraction of sp³-hybridized carbons (Fsp3) is 0.125. The molecule has 0 unspecified atom stereocenters. The first-order valence-electron chi connectivity index (χ1n) is 3.94. The summed E-state index contributed by atoms with van der Waals surface area (Å²) in [5.74, 6) is 1.31. The van der Waals surface area contributed by atoms with Gasteiger partial charge in [0, 0.05) is 0 Å². The number of anilines is 1. The Morgan fingerprint density at radius 3 is 2.93 bits per heavy atom. The van der Waals surface area contributed by atoms with E-state index >= 15 is 0 Å². The summed E-state index contributed by atoms with van der Waals surface area (Å²) in [7, 11) is 0. The minimum absolute atomic E-state index is 0.646. The molecule has 0 aliphatic rings. The highest BCUT2D eigenvalue weighted by molar-refractivity contribution is 7.98.